The highest BCUT2D eigenvalue weighted by atomic mass is 19.4. The molecule has 0 aliphatic carbocycles. The van der Waals surface area contributed by atoms with Crippen molar-refractivity contribution in [2.24, 2.45) is 0 Å². The molecule has 27 heavy (non-hydrogen) atoms. The van der Waals surface area contributed by atoms with Crippen molar-refractivity contribution in [1.82, 2.24) is 15.3 Å². The zero-order valence-electron chi connectivity index (χ0n) is 14.3. The van der Waals surface area contributed by atoms with Crippen molar-refractivity contribution in [3.8, 4) is 11.3 Å². The first-order valence-electron chi connectivity index (χ1n) is 8.45. The second kappa shape index (κ2) is 6.49. The van der Waals surface area contributed by atoms with Crippen molar-refractivity contribution in [1.29, 1.82) is 0 Å². The topological polar surface area (TPSA) is 54.2 Å². The van der Waals surface area contributed by atoms with E-state index in [-0.39, 0.29) is 23.2 Å². The minimum absolute atomic E-state index is 0.0238. The monoisotopic (exact) mass is 380 g/mol. The molecule has 1 N–H and O–H groups in total. The number of nitrogens with zero attached hydrogens (tertiary/aromatic N) is 3. The molecule has 5 nitrogen and oxygen atoms in total. The van der Waals surface area contributed by atoms with Gasteiger partial charge in [-0.25, -0.2) is 4.39 Å². The number of aromatic nitrogens is 2. The summed E-state index contributed by atoms with van der Waals surface area (Å²) in [4.78, 5) is 9.93. The second-order valence-corrected chi connectivity index (χ2v) is 6.41. The lowest BCUT2D eigenvalue weighted by molar-refractivity contribution is -0.138. The molecule has 0 bridgehead atoms. The summed E-state index contributed by atoms with van der Waals surface area (Å²) in [6.07, 6.45) is -3.42. The third-order valence-corrected chi connectivity index (χ3v) is 4.58. The van der Waals surface area contributed by atoms with E-state index in [1.54, 1.807) is 23.1 Å². The molecular formula is C18H16F4N4O. The molecule has 0 spiro atoms. The zero-order chi connectivity index (χ0) is 19.2. The lowest BCUT2D eigenvalue weighted by atomic mass is 10.0. The molecule has 0 amide bonds. The summed E-state index contributed by atoms with van der Waals surface area (Å²) in [5.41, 5.74) is -1.63. The first-order chi connectivity index (χ1) is 12.9. The summed E-state index contributed by atoms with van der Waals surface area (Å²) in [7, 11) is 0. The van der Waals surface area contributed by atoms with E-state index in [0.29, 0.717) is 25.3 Å². The number of anilines is 1. The molecule has 1 unspecified atom stereocenters. The Balaban J connectivity index is 1.97. The van der Waals surface area contributed by atoms with Gasteiger partial charge in [-0.05, 0) is 25.1 Å². The molecule has 3 aromatic rings. The van der Waals surface area contributed by atoms with Crippen LogP contribution in [-0.2, 0) is 6.18 Å². The molecule has 1 aromatic carbocycles. The highest BCUT2D eigenvalue weighted by molar-refractivity contribution is 5.92. The van der Waals surface area contributed by atoms with E-state index < -0.39 is 23.1 Å². The number of benzene rings is 1. The summed E-state index contributed by atoms with van der Waals surface area (Å²) in [5.74, 6) is -1.40. The van der Waals surface area contributed by atoms with Crippen LogP contribution in [0.2, 0.25) is 0 Å². The van der Waals surface area contributed by atoms with Crippen molar-refractivity contribution in [3.05, 3.63) is 41.8 Å². The van der Waals surface area contributed by atoms with Crippen LogP contribution < -0.4 is 10.2 Å². The third-order valence-electron chi connectivity index (χ3n) is 4.58. The van der Waals surface area contributed by atoms with E-state index in [4.69, 9.17) is 4.42 Å². The number of nitrogens with one attached hydrogen (secondary N) is 1. The fraction of sp³-hybridized carbons (Fsp3) is 0.333. The van der Waals surface area contributed by atoms with Crippen LogP contribution in [-0.4, -0.2) is 35.6 Å². The quantitative estimate of drug-likeness (QED) is 0.685. The Hall–Kier alpha value is -2.68. The molecule has 2 aromatic heterocycles. The third kappa shape index (κ3) is 3.12. The van der Waals surface area contributed by atoms with Crippen LogP contribution in [0.5, 0.6) is 0 Å². The number of alkyl halides is 3. The Labute approximate surface area is 152 Å². The molecule has 1 atom stereocenters. The van der Waals surface area contributed by atoms with Gasteiger partial charge in [-0.15, -0.1) is 0 Å². The molecule has 3 heterocycles. The maximum atomic E-state index is 14.4. The number of hydrogen-bond acceptors (Lipinski definition) is 5. The fourth-order valence-corrected chi connectivity index (χ4v) is 3.27. The van der Waals surface area contributed by atoms with Crippen molar-refractivity contribution < 1.29 is 22.0 Å². The van der Waals surface area contributed by atoms with Gasteiger partial charge in [-0.1, -0.05) is 6.07 Å². The minimum Gasteiger partial charge on any atom is -0.423 e. The number of halogens is 4. The Morgan fingerprint density at radius 2 is 2.11 bits per heavy atom. The summed E-state index contributed by atoms with van der Waals surface area (Å²) >= 11 is 0. The van der Waals surface area contributed by atoms with Crippen molar-refractivity contribution in [2.75, 3.05) is 24.5 Å². The molecule has 4 rings (SSSR count). The first kappa shape index (κ1) is 17.7. The van der Waals surface area contributed by atoms with Crippen LogP contribution in [0, 0.1) is 5.82 Å². The molecule has 1 aliphatic rings. The highest BCUT2D eigenvalue weighted by Gasteiger charge is 2.39. The summed E-state index contributed by atoms with van der Waals surface area (Å²) in [6.45, 7) is 3.73. The molecule has 1 saturated heterocycles. The Morgan fingerprint density at radius 1 is 1.30 bits per heavy atom. The van der Waals surface area contributed by atoms with E-state index in [1.807, 2.05) is 6.92 Å². The van der Waals surface area contributed by atoms with Gasteiger partial charge >= 0.3 is 6.18 Å². The van der Waals surface area contributed by atoms with Crippen LogP contribution in [0.25, 0.3) is 22.4 Å². The zero-order valence-corrected chi connectivity index (χ0v) is 14.3. The van der Waals surface area contributed by atoms with Crippen LogP contribution in [0.3, 0.4) is 0 Å². The van der Waals surface area contributed by atoms with Crippen LogP contribution in [0.15, 0.2) is 34.9 Å². The Morgan fingerprint density at radius 3 is 2.78 bits per heavy atom. The van der Waals surface area contributed by atoms with Crippen LogP contribution in [0.4, 0.5) is 23.6 Å². The van der Waals surface area contributed by atoms with E-state index in [0.717, 1.165) is 6.07 Å². The van der Waals surface area contributed by atoms with Gasteiger partial charge in [0, 0.05) is 37.4 Å². The normalized spacial score (nSPS) is 18.3. The summed E-state index contributed by atoms with van der Waals surface area (Å²) in [6, 6.07) is 5.74. The molecule has 1 fully saturated rings. The maximum absolute atomic E-state index is 14.4. The predicted molar refractivity (Wildman–Crippen MR) is 91.9 cm³/mol. The lowest BCUT2D eigenvalue weighted by Gasteiger charge is -2.32. The molecular weight excluding hydrogens is 364 g/mol. The predicted octanol–water partition coefficient (Wildman–Crippen LogP) is 3.85. The average Bonchev–Trinajstić information content (AvgIpc) is 3.05. The van der Waals surface area contributed by atoms with Gasteiger partial charge in [-0.3, -0.25) is 4.98 Å². The lowest BCUT2D eigenvalue weighted by Crippen LogP contribution is -2.50. The van der Waals surface area contributed by atoms with E-state index >= 15 is 0 Å². The summed E-state index contributed by atoms with van der Waals surface area (Å²) in [5, 5.41) is 3.19. The largest absolute Gasteiger partial charge is 0.423 e. The minimum atomic E-state index is -4.89. The second-order valence-electron chi connectivity index (χ2n) is 6.41. The molecule has 1 aliphatic heterocycles. The standard InChI is InChI=1S/C18H16F4N4O/c1-10-9-23-6-7-26(10)17-25-15-14(18(20,21)22)12(19)8-11(16(15)27-17)13-4-2-3-5-24-13/h2-5,8,10,23H,6-7,9H2,1H3. The number of rotatable bonds is 2. The SMILES string of the molecule is CC1CNCCN1c1nc2c(C(F)(F)F)c(F)cc(-c3ccccn3)c2o1. The van der Waals surface area contributed by atoms with Gasteiger partial charge in [0.25, 0.3) is 6.01 Å². The first-order valence-corrected chi connectivity index (χ1v) is 8.45. The highest BCUT2D eigenvalue weighted by Crippen LogP contribution is 2.41. The number of pyridine rings is 1. The number of oxazole rings is 1. The van der Waals surface area contributed by atoms with Crippen LogP contribution in [0.1, 0.15) is 12.5 Å². The Bertz CT molecular complexity index is 971. The number of hydrogen-bond donors (Lipinski definition) is 1. The van der Waals surface area contributed by atoms with Gasteiger partial charge in [0.2, 0.25) is 0 Å². The van der Waals surface area contributed by atoms with Gasteiger partial charge < -0.3 is 14.6 Å². The molecule has 0 saturated carbocycles. The molecule has 142 valence electrons. The molecule has 9 heteroatoms. The van der Waals surface area contributed by atoms with Gasteiger partial charge in [0.05, 0.1) is 5.69 Å². The molecule has 0 radical (unpaired) electrons. The summed E-state index contributed by atoms with van der Waals surface area (Å²) < 4.78 is 60.6. The van der Waals surface area contributed by atoms with E-state index in [9.17, 15) is 17.6 Å². The Kier molecular flexibility index (Phi) is 4.26. The average molecular weight is 380 g/mol. The van der Waals surface area contributed by atoms with Crippen LogP contribution >= 0.6 is 0 Å². The van der Waals surface area contributed by atoms with Crippen molar-refractivity contribution >= 4 is 17.1 Å². The van der Waals surface area contributed by atoms with E-state index in [2.05, 4.69) is 15.3 Å². The van der Waals surface area contributed by atoms with Gasteiger partial charge in [-0.2, -0.15) is 18.2 Å². The number of piperazine rings is 1. The smallest absolute Gasteiger partial charge is 0.421 e. The fourth-order valence-electron chi connectivity index (χ4n) is 3.27. The maximum Gasteiger partial charge on any atom is 0.421 e. The van der Waals surface area contributed by atoms with Crippen molar-refractivity contribution in [2.45, 2.75) is 19.1 Å². The number of fused-ring (bicyclic) bond motifs is 1. The van der Waals surface area contributed by atoms with Gasteiger partial charge in [0.1, 0.15) is 16.9 Å². The van der Waals surface area contributed by atoms with E-state index in [1.165, 1.54) is 6.20 Å². The van der Waals surface area contributed by atoms with Gasteiger partial charge in [0.15, 0.2) is 5.58 Å². The van der Waals surface area contributed by atoms with Crippen molar-refractivity contribution in [3.63, 3.8) is 0 Å².